The van der Waals surface area contributed by atoms with Gasteiger partial charge in [0.1, 0.15) is 11.3 Å². The summed E-state index contributed by atoms with van der Waals surface area (Å²) in [7, 11) is -3.46. The van der Waals surface area contributed by atoms with Gasteiger partial charge in [-0.05, 0) is 43.2 Å². The first-order chi connectivity index (χ1) is 14.4. The first-order valence-corrected chi connectivity index (χ1v) is 12.0. The largest absolute Gasteiger partial charge is 0.382 e. The second-order valence-electron chi connectivity index (χ2n) is 7.50. The van der Waals surface area contributed by atoms with Gasteiger partial charge in [-0.1, -0.05) is 34.1 Å². The molecule has 9 heteroatoms. The summed E-state index contributed by atoms with van der Waals surface area (Å²) in [6, 6.07) is 14.5. The Balaban J connectivity index is 1.43. The molecule has 4 aromatic rings. The lowest BCUT2D eigenvalue weighted by atomic mass is 9.97. The SMILES string of the molecule is Nc1nc2cc(Br)ccc2c2[nH]c(C3CCN(S(=O)(=O)c4ccccc4)CC3)nc12. The molecule has 0 bridgehead atoms. The van der Waals surface area contributed by atoms with Gasteiger partial charge in [0.2, 0.25) is 10.0 Å². The molecule has 0 aliphatic carbocycles. The van der Waals surface area contributed by atoms with Gasteiger partial charge in [0, 0.05) is 28.9 Å². The maximum atomic E-state index is 12.9. The van der Waals surface area contributed by atoms with Crippen LogP contribution in [-0.2, 0) is 10.0 Å². The number of imidazole rings is 1. The average molecular weight is 486 g/mol. The summed E-state index contributed by atoms with van der Waals surface area (Å²) in [6.07, 6.45) is 1.39. The number of hydrogen-bond donors (Lipinski definition) is 2. The van der Waals surface area contributed by atoms with Gasteiger partial charge in [-0.15, -0.1) is 0 Å². The van der Waals surface area contributed by atoms with Crippen LogP contribution in [0.5, 0.6) is 0 Å². The Hall–Kier alpha value is -2.49. The minimum Gasteiger partial charge on any atom is -0.382 e. The fourth-order valence-corrected chi connectivity index (χ4v) is 5.91. The van der Waals surface area contributed by atoms with Crippen LogP contribution in [0.25, 0.3) is 21.9 Å². The van der Waals surface area contributed by atoms with E-state index in [1.54, 1.807) is 28.6 Å². The third-order valence-corrected chi connectivity index (χ3v) is 8.06. The van der Waals surface area contributed by atoms with Gasteiger partial charge in [0.05, 0.1) is 15.9 Å². The van der Waals surface area contributed by atoms with E-state index in [-0.39, 0.29) is 5.92 Å². The molecule has 1 fully saturated rings. The molecule has 0 amide bonds. The summed E-state index contributed by atoms with van der Waals surface area (Å²) >= 11 is 3.47. The van der Waals surface area contributed by atoms with Crippen LogP contribution in [0.1, 0.15) is 24.6 Å². The highest BCUT2D eigenvalue weighted by atomic mass is 79.9. The van der Waals surface area contributed by atoms with Crippen LogP contribution in [0.4, 0.5) is 5.82 Å². The maximum absolute atomic E-state index is 12.9. The number of sulfonamides is 1. The van der Waals surface area contributed by atoms with Gasteiger partial charge in [0.25, 0.3) is 0 Å². The van der Waals surface area contributed by atoms with Crippen LogP contribution in [0.2, 0.25) is 0 Å². The standard InChI is InChI=1S/C21H20BrN5O2S/c22-14-6-7-16-17(12-14)24-20(23)19-18(16)25-21(26-19)13-8-10-27(11-9-13)30(28,29)15-4-2-1-3-5-15/h1-7,12-13H,8-11H2,(H2,23,24)(H,25,26). The molecule has 5 rings (SSSR count). The highest BCUT2D eigenvalue weighted by Crippen LogP contribution is 2.33. The molecule has 1 aliphatic heterocycles. The van der Waals surface area contributed by atoms with Gasteiger partial charge in [-0.3, -0.25) is 0 Å². The third-order valence-electron chi connectivity index (χ3n) is 5.66. The zero-order chi connectivity index (χ0) is 20.9. The molecule has 2 aromatic carbocycles. The molecular formula is C21H20BrN5O2S. The lowest BCUT2D eigenvalue weighted by Crippen LogP contribution is -2.38. The lowest BCUT2D eigenvalue weighted by molar-refractivity contribution is 0.314. The number of anilines is 1. The van der Waals surface area contributed by atoms with E-state index in [0.717, 1.165) is 26.7 Å². The summed E-state index contributed by atoms with van der Waals surface area (Å²) in [4.78, 5) is 13.0. The second-order valence-corrected chi connectivity index (χ2v) is 10.3. The summed E-state index contributed by atoms with van der Waals surface area (Å²) in [5.41, 5.74) is 8.50. The number of aromatic nitrogens is 3. The Morgan fingerprint density at radius 2 is 1.80 bits per heavy atom. The maximum Gasteiger partial charge on any atom is 0.243 e. The number of nitrogen functional groups attached to an aromatic ring is 1. The molecule has 0 radical (unpaired) electrons. The highest BCUT2D eigenvalue weighted by Gasteiger charge is 2.31. The van der Waals surface area contributed by atoms with Crippen LogP contribution in [0, 0.1) is 0 Å². The van der Waals surface area contributed by atoms with Crippen molar-refractivity contribution in [1.29, 1.82) is 0 Å². The van der Waals surface area contributed by atoms with E-state index in [4.69, 9.17) is 10.7 Å². The van der Waals surface area contributed by atoms with Crippen LogP contribution in [0.15, 0.2) is 57.9 Å². The van der Waals surface area contributed by atoms with Crippen molar-refractivity contribution in [3.63, 3.8) is 0 Å². The molecule has 0 spiro atoms. The lowest BCUT2D eigenvalue weighted by Gasteiger charge is -2.30. The molecule has 2 aromatic heterocycles. The third kappa shape index (κ3) is 3.27. The van der Waals surface area contributed by atoms with E-state index in [0.29, 0.717) is 42.2 Å². The smallest absolute Gasteiger partial charge is 0.243 e. The number of nitrogens with zero attached hydrogens (tertiary/aromatic N) is 3. The summed E-state index contributed by atoms with van der Waals surface area (Å²) in [5, 5.41) is 0.963. The number of aromatic amines is 1. The molecule has 1 saturated heterocycles. The van der Waals surface area contributed by atoms with Crippen molar-refractivity contribution < 1.29 is 8.42 Å². The Kier molecular flexibility index (Phi) is 4.76. The molecule has 3 N–H and O–H groups in total. The molecule has 30 heavy (non-hydrogen) atoms. The van der Waals surface area contributed by atoms with Crippen molar-refractivity contribution in [3.05, 3.63) is 58.8 Å². The fourth-order valence-electron chi connectivity index (χ4n) is 4.07. The second kappa shape index (κ2) is 7.33. The average Bonchev–Trinajstić information content (AvgIpc) is 3.21. The molecule has 3 heterocycles. The van der Waals surface area contributed by atoms with Crippen molar-refractivity contribution >= 4 is 53.7 Å². The van der Waals surface area contributed by atoms with Crippen LogP contribution < -0.4 is 5.73 Å². The predicted octanol–water partition coefficient (Wildman–Crippen LogP) is 4.02. The quantitative estimate of drug-likeness (QED) is 0.455. The molecule has 7 nitrogen and oxygen atoms in total. The molecule has 0 atom stereocenters. The molecule has 0 saturated carbocycles. The Morgan fingerprint density at radius 3 is 2.53 bits per heavy atom. The summed E-state index contributed by atoms with van der Waals surface area (Å²) in [6.45, 7) is 0.917. The number of fused-ring (bicyclic) bond motifs is 3. The first kappa shape index (κ1) is 19.5. The van der Waals surface area contributed by atoms with Crippen molar-refractivity contribution in [2.45, 2.75) is 23.7 Å². The Bertz CT molecular complexity index is 1350. The van der Waals surface area contributed by atoms with Crippen molar-refractivity contribution in [1.82, 2.24) is 19.3 Å². The van der Waals surface area contributed by atoms with Crippen molar-refractivity contribution in [2.24, 2.45) is 0 Å². The number of rotatable bonds is 3. The van der Waals surface area contributed by atoms with Crippen LogP contribution in [0.3, 0.4) is 0 Å². The number of benzene rings is 2. The van der Waals surface area contributed by atoms with E-state index >= 15 is 0 Å². The van der Waals surface area contributed by atoms with Gasteiger partial charge < -0.3 is 10.7 Å². The minimum absolute atomic E-state index is 0.143. The monoisotopic (exact) mass is 485 g/mol. The van der Waals surface area contributed by atoms with Crippen LogP contribution in [-0.4, -0.2) is 40.8 Å². The van der Waals surface area contributed by atoms with E-state index in [1.165, 1.54) is 0 Å². The summed E-state index contributed by atoms with van der Waals surface area (Å²) < 4.78 is 28.2. The molecular weight excluding hydrogens is 466 g/mol. The summed E-state index contributed by atoms with van der Waals surface area (Å²) in [5.74, 6) is 1.37. The van der Waals surface area contributed by atoms with E-state index in [9.17, 15) is 8.42 Å². The van der Waals surface area contributed by atoms with E-state index in [2.05, 4.69) is 25.9 Å². The number of nitrogens with one attached hydrogen (secondary N) is 1. The van der Waals surface area contributed by atoms with Gasteiger partial charge in [0.15, 0.2) is 5.82 Å². The fraction of sp³-hybridized carbons (Fsp3) is 0.238. The number of nitrogens with two attached hydrogens (primary N) is 1. The van der Waals surface area contributed by atoms with E-state index < -0.39 is 10.0 Å². The zero-order valence-corrected chi connectivity index (χ0v) is 18.4. The van der Waals surface area contributed by atoms with Gasteiger partial charge >= 0.3 is 0 Å². The van der Waals surface area contributed by atoms with Crippen molar-refractivity contribution in [3.8, 4) is 0 Å². The molecule has 0 unspecified atom stereocenters. The number of H-pyrrole nitrogens is 1. The minimum atomic E-state index is -3.46. The molecule has 154 valence electrons. The van der Waals surface area contributed by atoms with E-state index in [1.807, 2.05) is 24.3 Å². The predicted molar refractivity (Wildman–Crippen MR) is 121 cm³/mol. The molecule has 1 aliphatic rings. The topological polar surface area (TPSA) is 105 Å². The van der Waals surface area contributed by atoms with Crippen molar-refractivity contribution in [2.75, 3.05) is 18.8 Å². The number of pyridine rings is 1. The number of hydrogen-bond acceptors (Lipinski definition) is 5. The first-order valence-electron chi connectivity index (χ1n) is 9.73. The zero-order valence-electron chi connectivity index (χ0n) is 16.0. The highest BCUT2D eigenvalue weighted by molar-refractivity contribution is 9.10. The normalized spacial score (nSPS) is 16.4. The number of halogens is 1. The van der Waals surface area contributed by atoms with Gasteiger partial charge in [-0.2, -0.15) is 4.31 Å². The Morgan fingerprint density at radius 1 is 1.07 bits per heavy atom. The van der Waals surface area contributed by atoms with Gasteiger partial charge in [-0.25, -0.2) is 18.4 Å². The number of piperidine rings is 1. The Labute approximate surface area is 182 Å². The van der Waals surface area contributed by atoms with Crippen LogP contribution >= 0.6 is 15.9 Å².